The summed E-state index contributed by atoms with van der Waals surface area (Å²) in [4.78, 5) is 44.0. The summed E-state index contributed by atoms with van der Waals surface area (Å²) in [7, 11) is 0. The fraction of sp³-hybridized carbons (Fsp3) is 0.429. The second kappa shape index (κ2) is 5.57. The number of halogens is 1. The minimum absolute atomic E-state index is 0.00736. The number of aliphatic carboxylic acids is 1. The van der Waals surface area contributed by atoms with Gasteiger partial charge in [-0.3, -0.25) is 14.5 Å². The number of nitrogens with zero attached hydrogens (tertiary/aromatic N) is 2. The molecule has 0 saturated carbocycles. The van der Waals surface area contributed by atoms with Crippen molar-refractivity contribution in [2.45, 2.75) is 25.3 Å². The summed E-state index contributed by atoms with van der Waals surface area (Å²) in [5.74, 6) is -3.14. The molecule has 3 rings (SSSR count). The van der Waals surface area contributed by atoms with Gasteiger partial charge in [-0.05, 0) is 12.8 Å². The quantitative estimate of drug-likeness (QED) is 0.802. The Balaban J connectivity index is 1.87. The van der Waals surface area contributed by atoms with E-state index in [9.17, 15) is 19.5 Å². The van der Waals surface area contributed by atoms with E-state index in [4.69, 9.17) is 11.6 Å². The first-order chi connectivity index (χ1) is 10.5. The van der Waals surface area contributed by atoms with Crippen molar-refractivity contribution in [2.24, 2.45) is 11.8 Å². The van der Waals surface area contributed by atoms with E-state index < -0.39 is 35.7 Å². The average Bonchev–Trinajstić information content (AvgIpc) is 3.05. The van der Waals surface area contributed by atoms with Crippen molar-refractivity contribution in [2.75, 3.05) is 0 Å². The van der Waals surface area contributed by atoms with Gasteiger partial charge in [-0.2, -0.15) is 0 Å². The third-order valence-corrected chi connectivity index (χ3v) is 4.48. The zero-order chi connectivity index (χ0) is 15.9. The Labute approximate surface area is 131 Å². The van der Waals surface area contributed by atoms with E-state index >= 15 is 0 Å². The molecule has 2 amide bonds. The number of carboxylic acids is 1. The third kappa shape index (κ3) is 2.41. The molecule has 2 aliphatic rings. The van der Waals surface area contributed by atoms with Crippen LogP contribution in [0.25, 0.3) is 0 Å². The summed E-state index contributed by atoms with van der Waals surface area (Å²) in [5.41, 5.74) is 0.555. The van der Waals surface area contributed by atoms with Crippen LogP contribution in [0.1, 0.15) is 18.5 Å². The number of imidazole rings is 1. The lowest BCUT2D eigenvalue weighted by atomic mass is 9.85. The number of aromatic amines is 1. The van der Waals surface area contributed by atoms with E-state index in [2.05, 4.69) is 9.97 Å². The van der Waals surface area contributed by atoms with Gasteiger partial charge in [0.2, 0.25) is 11.8 Å². The van der Waals surface area contributed by atoms with Crippen LogP contribution in [0.15, 0.2) is 23.6 Å². The number of hydrogen-bond acceptors (Lipinski definition) is 4. The van der Waals surface area contributed by atoms with Crippen LogP contribution in [0.3, 0.4) is 0 Å². The first kappa shape index (κ1) is 14.8. The molecule has 1 saturated heterocycles. The molecule has 0 aromatic carbocycles. The molecule has 0 radical (unpaired) electrons. The summed E-state index contributed by atoms with van der Waals surface area (Å²) in [5, 5.41) is 9.98. The number of aromatic nitrogens is 2. The lowest BCUT2D eigenvalue weighted by molar-refractivity contribution is -0.155. The Morgan fingerprint density at radius 2 is 2.18 bits per heavy atom. The zero-order valence-electron chi connectivity index (χ0n) is 11.5. The largest absolute Gasteiger partial charge is 0.480 e. The number of fused-ring (bicyclic) bond motifs is 1. The maximum Gasteiger partial charge on any atom is 0.327 e. The number of carboxylic acid groups (broad SMARTS) is 1. The van der Waals surface area contributed by atoms with Crippen molar-refractivity contribution in [1.29, 1.82) is 0 Å². The van der Waals surface area contributed by atoms with Crippen LogP contribution in [0.4, 0.5) is 0 Å². The van der Waals surface area contributed by atoms with Gasteiger partial charge in [-0.15, -0.1) is 0 Å². The van der Waals surface area contributed by atoms with Crippen molar-refractivity contribution < 1.29 is 19.5 Å². The molecule has 7 nitrogen and oxygen atoms in total. The standard InChI is InChI=1S/C14H14ClN3O4/c15-7-1-2-9-10(3-7)13(20)18(12(9)19)11(14(21)22)4-8-5-16-6-17-8/h1,5-6,9-11H,2-4H2,(H,16,17)(H,21,22)/t9-,10-,11-/m0/s1. The van der Waals surface area contributed by atoms with Gasteiger partial charge in [0.15, 0.2) is 0 Å². The summed E-state index contributed by atoms with van der Waals surface area (Å²) in [6, 6.07) is -1.23. The minimum atomic E-state index is -1.23. The molecular formula is C14H14ClN3O4. The van der Waals surface area contributed by atoms with Crippen LogP contribution in [0.5, 0.6) is 0 Å². The number of amides is 2. The molecule has 1 aromatic rings. The normalized spacial score (nSPS) is 25.9. The van der Waals surface area contributed by atoms with Gasteiger partial charge in [0, 0.05) is 23.3 Å². The molecule has 2 heterocycles. The van der Waals surface area contributed by atoms with Crippen LogP contribution in [-0.4, -0.2) is 43.8 Å². The van der Waals surface area contributed by atoms with E-state index in [1.54, 1.807) is 6.08 Å². The molecule has 1 fully saturated rings. The predicted molar refractivity (Wildman–Crippen MR) is 75.7 cm³/mol. The van der Waals surface area contributed by atoms with Gasteiger partial charge >= 0.3 is 5.97 Å². The fourth-order valence-electron chi connectivity index (χ4n) is 3.05. The Hall–Kier alpha value is -2.15. The van der Waals surface area contributed by atoms with E-state index in [0.29, 0.717) is 23.6 Å². The smallest absolute Gasteiger partial charge is 0.327 e. The molecule has 0 bridgehead atoms. The molecule has 0 unspecified atom stereocenters. The maximum absolute atomic E-state index is 12.5. The van der Waals surface area contributed by atoms with Crippen molar-refractivity contribution in [1.82, 2.24) is 14.9 Å². The van der Waals surface area contributed by atoms with E-state index in [-0.39, 0.29) is 6.42 Å². The molecule has 3 atom stereocenters. The number of nitrogens with one attached hydrogen (secondary N) is 1. The molecule has 116 valence electrons. The van der Waals surface area contributed by atoms with Gasteiger partial charge in [0.25, 0.3) is 0 Å². The van der Waals surface area contributed by atoms with Crippen LogP contribution in [-0.2, 0) is 20.8 Å². The van der Waals surface area contributed by atoms with Crippen molar-refractivity contribution >= 4 is 29.4 Å². The average molecular weight is 324 g/mol. The number of carbonyl (C=O) groups is 3. The highest BCUT2D eigenvalue weighted by Crippen LogP contribution is 2.39. The third-order valence-electron chi connectivity index (χ3n) is 4.17. The first-order valence-corrected chi connectivity index (χ1v) is 7.28. The Morgan fingerprint density at radius 1 is 1.45 bits per heavy atom. The fourth-order valence-corrected chi connectivity index (χ4v) is 3.31. The highest BCUT2D eigenvalue weighted by atomic mass is 35.5. The monoisotopic (exact) mass is 323 g/mol. The number of allylic oxidation sites excluding steroid dienone is 2. The highest BCUT2D eigenvalue weighted by Gasteiger charge is 2.52. The highest BCUT2D eigenvalue weighted by molar-refractivity contribution is 6.30. The second-order valence-corrected chi connectivity index (χ2v) is 5.97. The lowest BCUT2D eigenvalue weighted by Gasteiger charge is -2.22. The number of carbonyl (C=O) groups excluding carboxylic acids is 2. The predicted octanol–water partition coefficient (Wildman–Crippen LogP) is 0.923. The van der Waals surface area contributed by atoms with Gasteiger partial charge in [0.1, 0.15) is 6.04 Å². The Morgan fingerprint density at radius 3 is 2.82 bits per heavy atom. The number of rotatable bonds is 4. The topological polar surface area (TPSA) is 103 Å². The van der Waals surface area contributed by atoms with Crippen LogP contribution in [0, 0.1) is 11.8 Å². The molecule has 1 aliphatic heterocycles. The van der Waals surface area contributed by atoms with E-state index in [1.807, 2.05) is 0 Å². The molecule has 8 heteroatoms. The summed E-state index contributed by atoms with van der Waals surface area (Å²) < 4.78 is 0. The van der Waals surface area contributed by atoms with E-state index in [1.165, 1.54) is 12.5 Å². The molecule has 22 heavy (non-hydrogen) atoms. The summed E-state index contributed by atoms with van der Waals surface area (Å²) in [6.07, 6.45) is 5.30. The van der Waals surface area contributed by atoms with Gasteiger partial charge in [0.05, 0.1) is 18.2 Å². The van der Waals surface area contributed by atoms with Crippen molar-refractivity contribution in [3.05, 3.63) is 29.3 Å². The van der Waals surface area contributed by atoms with Gasteiger partial charge in [-0.25, -0.2) is 9.78 Å². The molecular weight excluding hydrogens is 310 g/mol. The molecule has 0 spiro atoms. The summed E-state index contributed by atoms with van der Waals surface area (Å²) >= 11 is 5.95. The molecule has 2 N–H and O–H groups in total. The van der Waals surface area contributed by atoms with Crippen LogP contribution >= 0.6 is 11.6 Å². The zero-order valence-corrected chi connectivity index (χ0v) is 12.3. The molecule has 1 aromatic heterocycles. The van der Waals surface area contributed by atoms with Gasteiger partial charge < -0.3 is 10.1 Å². The van der Waals surface area contributed by atoms with Crippen molar-refractivity contribution in [3.8, 4) is 0 Å². The van der Waals surface area contributed by atoms with Gasteiger partial charge in [-0.1, -0.05) is 17.7 Å². The SMILES string of the molecule is O=C(O)[C@H](Cc1cnc[nH]1)N1C(=O)[C@H]2CC=C(Cl)C[C@@H]2C1=O. The Bertz CT molecular complexity index is 655. The van der Waals surface area contributed by atoms with Crippen molar-refractivity contribution in [3.63, 3.8) is 0 Å². The van der Waals surface area contributed by atoms with Crippen LogP contribution < -0.4 is 0 Å². The number of likely N-dealkylation sites (tertiary alicyclic amines) is 1. The lowest BCUT2D eigenvalue weighted by Crippen LogP contribution is -2.46. The Kier molecular flexibility index (Phi) is 3.74. The van der Waals surface area contributed by atoms with Crippen LogP contribution in [0.2, 0.25) is 0 Å². The first-order valence-electron chi connectivity index (χ1n) is 6.90. The second-order valence-electron chi connectivity index (χ2n) is 5.49. The summed E-state index contributed by atoms with van der Waals surface area (Å²) in [6.45, 7) is 0. The number of H-pyrrole nitrogens is 1. The maximum atomic E-state index is 12.5. The number of imide groups is 1. The molecule has 1 aliphatic carbocycles. The van der Waals surface area contributed by atoms with E-state index in [0.717, 1.165) is 4.90 Å². The number of hydrogen-bond donors (Lipinski definition) is 2. The minimum Gasteiger partial charge on any atom is -0.480 e.